The molecule has 7 nitrogen and oxygen atoms in total. The number of amides is 1. The summed E-state index contributed by atoms with van der Waals surface area (Å²) in [5.74, 6) is 1.96. The molecule has 1 aliphatic heterocycles. The molecule has 0 radical (unpaired) electrons. The van der Waals surface area contributed by atoms with E-state index in [0.717, 1.165) is 21.5 Å². The number of ether oxygens (including phenoxy) is 4. The van der Waals surface area contributed by atoms with Crippen LogP contribution in [0.3, 0.4) is 0 Å². The van der Waals surface area contributed by atoms with Crippen LogP contribution in [0.4, 0.5) is 0 Å². The number of nitrogens with zero attached hydrogens (tertiary/aromatic N) is 2. The van der Waals surface area contributed by atoms with Gasteiger partial charge in [0.1, 0.15) is 5.75 Å². The number of carbonyl (C=O) groups excluding carboxylic acids is 1. The minimum atomic E-state index is -0.212. The average Bonchev–Trinajstić information content (AvgIpc) is 3.32. The Morgan fingerprint density at radius 2 is 2.00 bits per heavy atom. The van der Waals surface area contributed by atoms with Crippen LogP contribution in [0, 0.1) is 0 Å². The van der Waals surface area contributed by atoms with Crippen molar-refractivity contribution in [3.05, 3.63) is 46.8 Å². The molecule has 4 rings (SSSR count). The van der Waals surface area contributed by atoms with Crippen LogP contribution in [0.5, 0.6) is 17.2 Å². The third-order valence-electron chi connectivity index (χ3n) is 4.64. The van der Waals surface area contributed by atoms with Gasteiger partial charge in [0, 0.05) is 13.2 Å². The summed E-state index contributed by atoms with van der Waals surface area (Å²) in [6, 6.07) is 11.4. The fourth-order valence-corrected chi connectivity index (χ4v) is 4.39. The van der Waals surface area contributed by atoms with Crippen LogP contribution in [-0.2, 0) is 22.5 Å². The molecule has 0 spiro atoms. The lowest BCUT2D eigenvalue weighted by atomic mass is 10.1. The molecule has 0 bridgehead atoms. The number of benzene rings is 2. The molecule has 2 aromatic carbocycles. The van der Waals surface area contributed by atoms with E-state index in [2.05, 4.69) is 4.99 Å². The first-order valence-corrected chi connectivity index (χ1v) is 10.8. The Hall–Kier alpha value is -2.84. The molecule has 30 heavy (non-hydrogen) atoms. The number of fused-ring (bicyclic) bond motifs is 2. The molecule has 1 aliphatic rings. The van der Waals surface area contributed by atoms with Crippen molar-refractivity contribution in [3.8, 4) is 17.2 Å². The van der Waals surface area contributed by atoms with Crippen molar-refractivity contribution < 1.29 is 23.7 Å². The average molecular weight is 429 g/mol. The smallest absolute Gasteiger partial charge is 0.252 e. The molecular weight excluding hydrogens is 404 g/mol. The van der Waals surface area contributed by atoms with E-state index in [-0.39, 0.29) is 19.1 Å². The van der Waals surface area contributed by atoms with Crippen molar-refractivity contribution in [1.82, 2.24) is 4.57 Å². The van der Waals surface area contributed by atoms with E-state index in [4.69, 9.17) is 18.9 Å². The Balaban J connectivity index is 1.63. The lowest BCUT2D eigenvalue weighted by Gasteiger charge is -2.06. The molecule has 0 fully saturated rings. The number of thiazole rings is 1. The van der Waals surface area contributed by atoms with Gasteiger partial charge in [0.2, 0.25) is 6.79 Å². The Morgan fingerprint density at radius 1 is 1.13 bits per heavy atom. The second kappa shape index (κ2) is 9.32. The molecule has 0 unspecified atom stereocenters. The van der Waals surface area contributed by atoms with E-state index in [9.17, 15) is 4.79 Å². The third kappa shape index (κ3) is 4.49. The van der Waals surface area contributed by atoms with Crippen LogP contribution in [0.25, 0.3) is 10.2 Å². The molecule has 8 heteroatoms. The standard InChI is InChI=1S/C22H24N2O5S/c1-3-26-10-9-24-17-7-6-16(27-4-2)13-20(17)30-22(24)23-21(25)12-15-5-8-18-19(11-15)29-14-28-18/h5-8,11,13H,3-4,9-10,12,14H2,1-2H3. The zero-order chi connectivity index (χ0) is 20.9. The molecule has 158 valence electrons. The Kier molecular flexibility index (Phi) is 6.35. The van der Waals surface area contributed by atoms with Crippen molar-refractivity contribution >= 4 is 27.5 Å². The molecule has 0 saturated carbocycles. The van der Waals surface area contributed by atoms with Gasteiger partial charge in [-0.3, -0.25) is 4.79 Å². The Labute approximate surface area is 178 Å². The molecular formula is C22H24N2O5S. The normalized spacial score (nSPS) is 13.2. The molecule has 2 heterocycles. The second-order valence-electron chi connectivity index (χ2n) is 6.67. The maximum absolute atomic E-state index is 12.7. The van der Waals surface area contributed by atoms with E-state index >= 15 is 0 Å². The monoisotopic (exact) mass is 428 g/mol. The highest BCUT2D eigenvalue weighted by atomic mass is 32.1. The number of hydrogen-bond acceptors (Lipinski definition) is 6. The first-order chi connectivity index (χ1) is 14.7. The van der Waals surface area contributed by atoms with Crippen LogP contribution in [-0.4, -0.2) is 37.1 Å². The summed E-state index contributed by atoms with van der Waals surface area (Å²) in [5.41, 5.74) is 1.85. The number of hydrogen-bond donors (Lipinski definition) is 0. The van der Waals surface area contributed by atoms with Gasteiger partial charge in [-0.1, -0.05) is 17.4 Å². The van der Waals surface area contributed by atoms with Crippen LogP contribution < -0.4 is 19.0 Å². The summed E-state index contributed by atoms with van der Waals surface area (Å²) in [6.45, 7) is 6.56. The predicted molar refractivity (Wildman–Crippen MR) is 114 cm³/mol. The zero-order valence-corrected chi connectivity index (χ0v) is 17.9. The van der Waals surface area contributed by atoms with E-state index in [1.165, 1.54) is 11.3 Å². The zero-order valence-electron chi connectivity index (χ0n) is 17.1. The van der Waals surface area contributed by atoms with Gasteiger partial charge in [-0.15, -0.1) is 0 Å². The molecule has 0 atom stereocenters. The van der Waals surface area contributed by atoms with Crippen LogP contribution in [0.15, 0.2) is 41.4 Å². The number of rotatable bonds is 8. The summed E-state index contributed by atoms with van der Waals surface area (Å²) >= 11 is 1.48. The van der Waals surface area contributed by atoms with Gasteiger partial charge in [-0.2, -0.15) is 4.99 Å². The largest absolute Gasteiger partial charge is 0.494 e. The van der Waals surface area contributed by atoms with Gasteiger partial charge in [0.25, 0.3) is 5.91 Å². The number of carbonyl (C=O) groups is 1. The van der Waals surface area contributed by atoms with Gasteiger partial charge in [-0.25, -0.2) is 0 Å². The van der Waals surface area contributed by atoms with Crippen LogP contribution >= 0.6 is 11.3 Å². The summed E-state index contributed by atoms with van der Waals surface area (Å²) in [5, 5.41) is 0. The van der Waals surface area contributed by atoms with Crippen LogP contribution in [0.2, 0.25) is 0 Å². The second-order valence-corrected chi connectivity index (χ2v) is 7.67. The lowest BCUT2D eigenvalue weighted by Crippen LogP contribution is -2.20. The van der Waals surface area contributed by atoms with Crippen molar-refractivity contribution in [2.75, 3.05) is 26.6 Å². The SMILES string of the molecule is CCOCCn1c(=NC(=O)Cc2ccc3c(c2)OCO3)sc2cc(OCC)ccc21. The molecule has 1 amide bonds. The first-order valence-electron chi connectivity index (χ1n) is 9.98. The molecule has 1 aromatic heterocycles. The van der Waals surface area contributed by atoms with Gasteiger partial charge < -0.3 is 23.5 Å². The van der Waals surface area contributed by atoms with E-state index in [1.807, 2.05) is 54.8 Å². The fraction of sp³-hybridized carbons (Fsp3) is 0.364. The predicted octanol–water partition coefficient (Wildman–Crippen LogP) is 3.54. The van der Waals surface area contributed by atoms with Crippen molar-refractivity contribution in [2.45, 2.75) is 26.8 Å². The summed E-state index contributed by atoms with van der Waals surface area (Å²) in [7, 11) is 0. The van der Waals surface area contributed by atoms with Crippen molar-refractivity contribution in [1.29, 1.82) is 0 Å². The van der Waals surface area contributed by atoms with E-state index in [0.29, 0.717) is 42.7 Å². The van der Waals surface area contributed by atoms with Gasteiger partial charge in [-0.05, 0) is 49.7 Å². The molecule has 3 aromatic rings. The Bertz CT molecular complexity index is 1120. The fourth-order valence-electron chi connectivity index (χ4n) is 3.28. The van der Waals surface area contributed by atoms with Gasteiger partial charge in [0.15, 0.2) is 16.3 Å². The first kappa shape index (κ1) is 20.4. The summed E-state index contributed by atoms with van der Waals surface area (Å²) < 4.78 is 24.9. The molecule has 0 saturated heterocycles. The van der Waals surface area contributed by atoms with E-state index in [1.54, 1.807) is 0 Å². The highest BCUT2D eigenvalue weighted by Crippen LogP contribution is 2.32. The molecule has 0 aliphatic carbocycles. The number of aromatic nitrogens is 1. The van der Waals surface area contributed by atoms with Crippen molar-refractivity contribution in [3.63, 3.8) is 0 Å². The lowest BCUT2D eigenvalue weighted by molar-refractivity contribution is -0.117. The third-order valence-corrected chi connectivity index (χ3v) is 5.68. The van der Waals surface area contributed by atoms with Gasteiger partial charge in [0.05, 0.1) is 29.9 Å². The van der Waals surface area contributed by atoms with Gasteiger partial charge >= 0.3 is 0 Å². The maximum atomic E-state index is 12.7. The highest BCUT2D eigenvalue weighted by molar-refractivity contribution is 7.16. The summed E-state index contributed by atoms with van der Waals surface area (Å²) in [4.78, 5) is 17.8. The molecule has 0 N–H and O–H groups in total. The van der Waals surface area contributed by atoms with Crippen molar-refractivity contribution in [2.24, 2.45) is 4.99 Å². The van der Waals surface area contributed by atoms with E-state index < -0.39 is 0 Å². The minimum absolute atomic E-state index is 0.195. The highest BCUT2D eigenvalue weighted by Gasteiger charge is 2.15. The van der Waals surface area contributed by atoms with Crippen LogP contribution in [0.1, 0.15) is 19.4 Å². The Morgan fingerprint density at radius 3 is 2.83 bits per heavy atom. The minimum Gasteiger partial charge on any atom is -0.494 e. The topological polar surface area (TPSA) is 71.3 Å². The maximum Gasteiger partial charge on any atom is 0.252 e. The quantitative estimate of drug-likeness (QED) is 0.513. The summed E-state index contributed by atoms with van der Waals surface area (Å²) in [6.07, 6.45) is 0.195.